The highest BCUT2D eigenvalue weighted by atomic mass is 32.2. The van der Waals surface area contributed by atoms with E-state index >= 15 is 0 Å². The lowest BCUT2D eigenvalue weighted by molar-refractivity contribution is -0.385. The molecule has 1 unspecified atom stereocenters. The first kappa shape index (κ1) is 17.8. The average Bonchev–Trinajstić information content (AvgIpc) is 2.46. The molecule has 23 heavy (non-hydrogen) atoms. The molecule has 1 atom stereocenters. The summed E-state index contributed by atoms with van der Waals surface area (Å²) >= 11 is 0. The fourth-order valence-corrected chi connectivity index (χ4v) is 4.77. The summed E-state index contributed by atoms with van der Waals surface area (Å²) < 4.78 is 27.1. The Balaban J connectivity index is 2.34. The highest BCUT2D eigenvalue weighted by Gasteiger charge is 2.32. The zero-order valence-electron chi connectivity index (χ0n) is 13.7. The third-order valence-corrected chi connectivity index (χ3v) is 6.59. The van der Waals surface area contributed by atoms with Gasteiger partial charge in [-0.1, -0.05) is 0 Å². The zero-order valence-corrected chi connectivity index (χ0v) is 14.5. The summed E-state index contributed by atoms with van der Waals surface area (Å²) in [5.41, 5.74) is 6.71. The van der Waals surface area contributed by atoms with E-state index in [-0.39, 0.29) is 16.6 Å². The van der Waals surface area contributed by atoms with Gasteiger partial charge in [-0.3, -0.25) is 10.1 Å². The standard InChI is InChI=1S/C15H23N3O4S/c1-10-8-11(2)15(9-14(10)18(19)20)23(21,22)17-6-4-13(5-7-17)12(3)16/h8-9,12-13H,4-7,16H2,1-3H3. The molecular formula is C15H23N3O4S. The Morgan fingerprint density at radius 2 is 1.83 bits per heavy atom. The van der Waals surface area contributed by atoms with Crippen LogP contribution in [0.15, 0.2) is 17.0 Å². The van der Waals surface area contributed by atoms with Crippen molar-refractivity contribution in [2.75, 3.05) is 13.1 Å². The SMILES string of the molecule is Cc1cc(C)c(S(=O)(=O)N2CCC(C(C)N)CC2)cc1[N+](=O)[O-]. The van der Waals surface area contributed by atoms with Crippen LogP contribution in [0.25, 0.3) is 0 Å². The van der Waals surface area contributed by atoms with Gasteiger partial charge in [-0.25, -0.2) is 8.42 Å². The molecule has 0 amide bonds. The number of nitro groups is 1. The van der Waals surface area contributed by atoms with Gasteiger partial charge in [0.15, 0.2) is 0 Å². The Labute approximate surface area is 136 Å². The lowest BCUT2D eigenvalue weighted by atomic mass is 9.92. The van der Waals surface area contributed by atoms with Crippen LogP contribution in [0.4, 0.5) is 5.69 Å². The number of nitro benzene ring substituents is 1. The summed E-state index contributed by atoms with van der Waals surface area (Å²) in [6.07, 6.45) is 1.42. The maximum absolute atomic E-state index is 12.8. The minimum atomic E-state index is -3.73. The van der Waals surface area contributed by atoms with Gasteiger partial charge in [-0.15, -0.1) is 0 Å². The topological polar surface area (TPSA) is 107 Å². The highest BCUT2D eigenvalue weighted by Crippen LogP contribution is 2.30. The van der Waals surface area contributed by atoms with Crippen molar-refractivity contribution in [2.45, 2.75) is 44.6 Å². The number of nitrogens with two attached hydrogens (primary N) is 1. The van der Waals surface area contributed by atoms with Crippen LogP contribution in [-0.2, 0) is 10.0 Å². The van der Waals surface area contributed by atoms with E-state index in [0.29, 0.717) is 43.0 Å². The molecule has 0 saturated carbocycles. The summed E-state index contributed by atoms with van der Waals surface area (Å²) in [5.74, 6) is 0.315. The molecule has 2 N–H and O–H groups in total. The molecule has 1 fully saturated rings. The van der Waals surface area contributed by atoms with Crippen molar-refractivity contribution in [2.24, 2.45) is 11.7 Å². The van der Waals surface area contributed by atoms with Crippen molar-refractivity contribution >= 4 is 15.7 Å². The molecule has 0 spiro atoms. The maximum atomic E-state index is 12.8. The molecule has 1 aromatic carbocycles. The monoisotopic (exact) mass is 341 g/mol. The van der Waals surface area contributed by atoms with Crippen molar-refractivity contribution in [3.8, 4) is 0 Å². The molecule has 1 aliphatic rings. The third-order valence-electron chi connectivity index (χ3n) is 4.55. The van der Waals surface area contributed by atoms with E-state index in [4.69, 9.17) is 5.73 Å². The van der Waals surface area contributed by atoms with Crippen molar-refractivity contribution in [1.29, 1.82) is 0 Å². The van der Waals surface area contributed by atoms with E-state index in [1.165, 1.54) is 10.4 Å². The van der Waals surface area contributed by atoms with Crippen LogP contribution in [0, 0.1) is 29.9 Å². The Hall–Kier alpha value is -1.51. The zero-order chi connectivity index (χ0) is 17.4. The van der Waals surface area contributed by atoms with E-state index in [1.807, 2.05) is 6.92 Å². The summed E-state index contributed by atoms with van der Waals surface area (Å²) in [7, 11) is -3.73. The van der Waals surface area contributed by atoms with Crippen LogP contribution < -0.4 is 5.73 Å². The van der Waals surface area contributed by atoms with E-state index in [1.54, 1.807) is 19.9 Å². The van der Waals surface area contributed by atoms with E-state index in [0.717, 1.165) is 0 Å². The Kier molecular flexibility index (Phi) is 5.07. The molecule has 7 nitrogen and oxygen atoms in total. The van der Waals surface area contributed by atoms with Gasteiger partial charge in [-0.05, 0) is 51.2 Å². The van der Waals surface area contributed by atoms with Crippen LogP contribution in [0.1, 0.15) is 30.9 Å². The fraction of sp³-hybridized carbons (Fsp3) is 0.600. The van der Waals surface area contributed by atoms with Crippen LogP contribution >= 0.6 is 0 Å². The summed E-state index contributed by atoms with van der Waals surface area (Å²) in [4.78, 5) is 10.6. The Bertz CT molecular complexity index is 708. The van der Waals surface area contributed by atoms with Crippen molar-refractivity contribution in [1.82, 2.24) is 4.31 Å². The van der Waals surface area contributed by atoms with Gasteiger partial charge in [0.2, 0.25) is 10.0 Å². The molecule has 1 heterocycles. The number of benzene rings is 1. The predicted molar refractivity (Wildman–Crippen MR) is 87.7 cm³/mol. The second kappa shape index (κ2) is 6.54. The summed E-state index contributed by atoms with van der Waals surface area (Å²) in [6.45, 7) is 6.00. The summed E-state index contributed by atoms with van der Waals surface area (Å²) in [5, 5.41) is 11.1. The Morgan fingerprint density at radius 3 is 2.30 bits per heavy atom. The molecule has 0 aromatic heterocycles. The predicted octanol–water partition coefficient (Wildman–Crippen LogP) is 1.96. The lowest BCUT2D eigenvalue weighted by Crippen LogP contribution is -2.42. The fourth-order valence-electron chi connectivity index (χ4n) is 3.08. The van der Waals surface area contributed by atoms with E-state index < -0.39 is 14.9 Å². The number of rotatable bonds is 4. The van der Waals surface area contributed by atoms with Gasteiger partial charge in [0, 0.05) is 30.8 Å². The Morgan fingerprint density at radius 1 is 1.26 bits per heavy atom. The van der Waals surface area contributed by atoms with Gasteiger partial charge in [0.1, 0.15) is 0 Å². The molecule has 2 rings (SSSR count). The van der Waals surface area contributed by atoms with E-state index in [2.05, 4.69) is 0 Å². The minimum absolute atomic E-state index is 0.0223. The third kappa shape index (κ3) is 3.54. The lowest BCUT2D eigenvalue weighted by Gasteiger charge is -2.33. The van der Waals surface area contributed by atoms with Crippen LogP contribution in [-0.4, -0.2) is 36.8 Å². The van der Waals surface area contributed by atoms with Gasteiger partial charge in [0.05, 0.1) is 9.82 Å². The maximum Gasteiger partial charge on any atom is 0.273 e. The molecule has 1 aliphatic heterocycles. The molecule has 1 aromatic rings. The first-order chi connectivity index (χ1) is 10.6. The molecule has 8 heteroatoms. The largest absolute Gasteiger partial charge is 0.328 e. The van der Waals surface area contributed by atoms with E-state index in [9.17, 15) is 18.5 Å². The molecular weight excluding hydrogens is 318 g/mol. The molecule has 1 saturated heterocycles. The minimum Gasteiger partial charge on any atom is -0.328 e. The van der Waals surface area contributed by atoms with Crippen molar-refractivity contribution in [3.05, 3.63) is 33.4 Å². The van der Waals surface area contributed by atoms with Crippen LogP contribution in [0.2, 0.25) is 0 Å². The average molecular weight is 341 g/mol. The van der Waals surface area contributed by atoms with Gasteiger partial charge in [0.25, 0.3) is 5.69 Å². The number of aryl methyl sites for hydroxylation is 2. The number of nitrogens with zero attached hydrogens (tertiary/aromatic N) is 2. The van der Waals surface area contributed by atoms with Gasteiger partial charge in [-0.2, -0.15) is 4.31 Å². The number of piperidine rings is 1. The molecule has 0 aliphatic carbocycles. The molecule has 128 valence electrons. The normalized spacial score (nSPS) is 18.8. The van der Waals surface area contributed by atoms with Gasteiger partial charge < -0.3 is 5.73 Å². The van der Waals surface area contributed by atoms with Crippen LogP contribution in [0.5, 0.6) is 0 Å². The second-order valence-electron chi connectivity index (χ2n) is 6.26. The number of sulfonamides is 1. The summed E-state index contributed by atoms with van der Waals surface area (Å²) in [6, 6.07) is 2.78. The van der Waals surface area contributed by atoms with Gasteiger partial charge >= 0.3 is 0 Å². The smallest absolute Gasteiger partial charge is 0.273 e. The first-order valence-corrected chi connectivity index (χ1v) is 9.10. The van der Waals surface area contributed by atoms with Crippen molar-refractivity contribution < 1.29 is 13.3 Å². The quantitative estimate of drug-likeness (QED) is 0.665. The number of hydrogen-bond acceptors (Lipinski definition) is 5. The van der Waals surface area contributed by atoms with Crippen LogP contribution in [0.3, 0.4) is 0 Å². The molecule has 0 radical (unpaired) electrons. The number of hydrogen-bond donors (Lipinski definition) is 1. The second-order valence-corrected chi connectivity index (χ2v) is 8.17. The molecule has 0 bridgehead atoms. The first-order valence-electron chi connectivity index (χ1n) is 7.66. The highest BCUT2D eigenvalue weighted by molar-refractivity contribution is 7.89. The van der Waals surface area contributed by atoms with Crippen molar-refractivity contribution in [3.63, 3.8) is 0 Å².